The first-order valence-electron chi connectivity index (χ1n) is 30.7. The Hall–Kier alpha value is -1.82. The molecule has 2 rings (SSSR count). The molecule has 0 atom stereocenters. The molecule has 0 fully saturated rings. The minimum Gasteiger partial charge on any atom is -0.251 e. The van der Waals surface area contributed by atoms with E-state index < -0.39 is 0 Å². The molecule has 2 aromatic rings. The summed E-state index contributed by atoms with van der Waals surface area (Å²) in [7, 11) is 0. The molecule has 2 aromatic carbocycles. The number of benzene rings is 2. The van der Waals surface area contributed by atoms with Crippen molar-refractivity contribution in [1.29, 1.82) is 0 Å². The smallest absolute Gasteiger partial charge is 0.0848 e. The second-order valence-electron chi connectivity index (χ2n) is 21.2. The van der Waals surface area contributed by atoms with Gasteiger partial charge in [-0.05, 0) is 130 Å². The van der Waals surface area contributed by atoms with E-state index >= 15 is 0 Å². The SMILES string of the molecule is CCCCCCCCCCCCCCCCCCCCCCCCC=CC(=Nc1ccc(CCCCC)c(CCCCC)c1)C(CCCCCC)=Nc1ccc(CCCCC)c(CCCCC)c1.[Pd]. The van der Waals surface area contributed by atoms with E-state index in [-0.39, 0.29) is 20.4 Å². The number of aryl methyl sites for hydroxylation is 4. The van der Waals surface area contributed by atoms with Gasteiger partial charge in [0, 0.05) is 20.4 Å². The minimum atomic E-state index is 0. The minimum absolute atomic E-state index is 0. The Morgan fingerprint density at radius 1 is 0.333 bits per heavy atom. The second kappa shape index (κ2) is 48.4. The number of nitrogens with zero attached hydrogens (tertiary/aromatic N) is 2. The predicted octanol–water partition coefficient (Wildman–Crippen LogP) is 23.0. The van der Waals surface area contributed by atoms with Gasteiger partial charge in [-0.2, -0.15) is 0 Å². The number of unbranched alkanes of at least 4 members (excludes halogenated alkanes) is 33. The van der Waals surface area contributed by atoms with Gasteiger partial charge in [0.25, 0.3) is 0 Å². The molecule has 0 saturated carbocycles. The van der Waals surface area contributed by atoms with Crippen LogP contribution >= 0.6 is 0 Å². The topological polar surface area (TPSA) is 24.7 Å². The van der Waals surface area contributed by atoms with Gasteiger partial charge in [-0.3, -0.25) is 4.99 Å². The van der Waals surface area contributed by atoms with Crippen LogP contribution in [0.4, 0.5) is 11.4 Å². The zero-order valence-electron chi connectivity index (χ0n) is 46.9. The number of rotatable bonds is 48. The molecule has 0 aliphatic carbocycles. The van der Waals surface area contributed by atoms with Gasteiger partial charge >= 0.3 is 0 Å². The number of hydrogen-bond acceptors (Lipinski definition) is 2. The van der Waals surface area contributed by atoms with Crippen molar-refractivity contribution in [2.24, 2.45) is 9.98 Å². The van der Waals surface area contributed by atoms with Crippen molar-refractivity contribution in [2.75, 3.05) is 0 Å². The second-order valence-corrected chi connectivity index (χ2v) is 21.2. The first-order chi connectivity index (χ1) is 33.6. The van der Waals surface area contributed by atoms with Gasteiger partial charge < -0.3 is 0 Å². The molecular weight excluding hydrogens is 927 g/mol. The normalized spacial score (nSPS) is 12.1. The maximum atomic E-state index is 5.58. The third kappa shape index (κ3) is 35.1. The molecule has 0 unspecified atom stereocenters. The van der Waals surface area contributed by atoms with Crippen LogP contribution < -0.4 is 0 Å². The molecule has 0 saturated heterocycles. The van der Waals surface area contributed by atoms with Crippen molar-refractivity contribution in [1.82, 2.24) is 0 Å². The summed E-state index contributed by atoms with van der Waals surface area (Å²) in [6.07, 6.45) is 63.4. The summed E-state index contributed by atoms with van der Waals surface area (Å²) in [4.78, 5) is 11.1. The summed E-state index contributed by atoms with van der Waals surface area (Å²) in [5.41, 5.74) is 10.6. The van der Waals surface area contributed by atoms with Crippen LogP contribution in [0.1, 0.15) is 321 Å². The Morgan fingerprint density at radius 3 is 1.01 bits per heavy atom. The van der Waals surface area contributed by atoms with Crippen LogP contribution in [0.25, 0.3) is 0 Å². The monoisotopic (exact) mass is 1040 g/mol. The molecule has 3 heteroatoms. The molecule has 0 bridgehead atoms. The van der Waals surface area contributed by atoms with Crippen LogP contribution in [0, 0.1) is 0 Å². The Balaban J connectivity index is 0.0000238. The third-order valence-corrected chi connectivity index (χ3v) is 14.7. The average Bonchev–Trinajstić information content (AvgIpc) is 3.35. The van der Waals surface area contributed by atoms with Crippen LogP contribution in [-0.2, 0) is 46.1 Å². The fraction of sp³-hybridized carbons (Fsp3) is 0.758. The summed E-state index contributed by atoms with van der Waals surface area (Å²) in [5, 5.41) is 0. The largest absolute Gasteiger partial charge is 0.251 e. The standard InChI is InChI=1S/C66H114N2.Pd/c1-7-13-19-21-22-23-24-25-26-27-28-29-30-31-32-33-34-35-36-37-38-39-40-46-52-66(68-64-56-54-60(48-42-16-10-4)62(58-64)50-44-18-12-6)65(51-45-20-14-8-2)67-63-55-53-59(47-41-15-9-3)61(57-63)49-43-17-11-5;/h46,52-58H,7-45,47-51H2,1-6H3;. The summed E-state index contributed by atoms with van der Waals surface area (Å²) in [6, 6.07) is 14.3. The molecule has 69 heavy (non-hydrogen) atoms. The predicted molar refractivity (Wildman–Crippen MR) is 310 cm³/mol. The van der Waals surface area contributed by atoms with Crippen LogP contribution in [0.2, 0.25) is 0 Å². The van der Waals surface area contributed by atoms with Crippen molar-refractivity contribution in [3.63, 3.8) is 0 Å². The van der Waals surface area contributed by atoms with E-state index in [2.05, 4.69) is 90.1 Å². The number of hydrogen-bond donors (Lipinski definition) is 0. The number of aliphatic imine (C=N–C) groups is 2. The molecule has 398 valence electrons. The number of allylic oxidation sites excluding steroid dienone is 2. The van der Waals surface area contributed by atoms with Gasteiger partial charge in [-0.15, -0.1) is 0 Å². The molecule has 0 aliphatic heterocycles. The van der Waals surface area contributed by atoms with Crippen molar-refractivity contribution < 1.29 is 20.4 Å². The third-order valence-electron chi connectivity index (χ3n) is 14.7. The summed E-state index contributed by atoms with van der Waals surface area (Å²) >= 11 is 0. The van der Waals surface area contributed by atoms with Crippen molar-refractivity contribution in [2.45, 2.75) is 324 Å². The quantitative estimate of drug-likeness (QED) is 0.0358. The van der Waals surface area contributed by atoms with E-state index in [1.54, 1.807) is 11.1 Å². The molecule has 2 nitrogen and oxygen atoms in total. The summed E-state index contributed by atoms with van der Waals surface area (Å²) in [5.74, 6) is 0. The van der Waals surface area contributed by atoms with Crippen molar-refractivity contribution in [3.8, 4) is 0 Å². The Kier molecular flexibility index (Phi) is 45.8. The molecular formula is C66H114N2Pd. The zero-order chi connectivity index (χ0) is 48.8. The van der Waals surface area contributed by atoms with Gasteiger partial charge in [0.05, 0.1) is 22.8 Å². The fourth-order valence-electron chi connectivity index (χ4n) is 10.1. The van der Waals surface area contributed by atoms with Gasteiger partial charge in [-0.25, -0.2) is 4.99 Å². The van der Waals surface area contributed by atoms with Crippen molar-refractivity contribution in [3.05, 3.63) is 70.8 Å². The summed E-state index contributed by atoms with van der Waals surface area (Å²) in [6.45, 7) is 13.9. The van der Waals surface area contributed by atoms with Gasteiger partial charge in [0.1, 0.15) is 0 Å². The zero-order valence-corrected chi connectivity index (χ0v) is 48.5. The molecule has 0 radical (unpaired) electrons. The molecule has 0 spiro atoms. The molecule has 0 heterocycles. The molecule has 0 aromatic heterocycles. The van der Waals surface area contributed by atoms with Crippen LogP contribution in [-0.4, -0.2) is 11.4 Å². The van der Waals surface area contributed by atoms with Gasteiger partial charge in [-0.1, -0.05) is 265 Å². The molecule has 0 amide bonds. The van der Waals surface area contributed by atoms with Crippen molar-refractivity contribution >= 4 is 22.8 Å². The van der Waals surface area contributed by atoms with E-state index in [1.165, 1.54) is 267 Å². The first kappa shape index (κ1) is 65.2. The van der Waals surface area contributed by atoms with E-state index in [4.69, 9.17) is 9.98 Å². The Morgan fingerprint density at radius 2 is 0.638 bits per heavy atom. The van der Waals surface area contributed by atoms with Crippen LogP contribution in [0.15, 0.2) is 58.5 Å². The fourth-order valence-corrected chi connectivity index (χ4v) is 10.1. The maximum Gasteiger partial charge on any atom is 0.0848 e. The Bertz CT molecular complexity index is 1530. The van der Waals surface area contributed by atoms with E-state index in [0.717, 1.165) is 49.2 Å². The summed E-state index contributed by atoms with van der Waals surface area (Å²) < 4.78 is 0. The Labute approximate surface area is 445 Å². The average molecular weight is 1040 g/mol. The van der Waals surface area contributed by atoms with Crippen LogP contribution in [0.3, 0.4) is 0 Å². The first-order valence-corrected chi connectivity index (χ1v) is 30.7. The molecule has 0 aliphatic rings. The maximum absolute atomic E-state index is 5.58. The van der Waals surface area contributed by atoms with E-state index in [9.17, 15) is 0 Å². The van der Waals surface area contributed by atoms with E-state index in [0.29, 0.717) is 0 Å². The van der Waals surface area contributed by atoms with Gasteiger partial charge in [0.2, 0.25) is 0 Å². The molecule has 0 N–H and O–H groups in total. The van der Waals surface area contributed by atoms with Crippen LogP contribution in [0.5, 0.6) is 0 Å². The van der Waals surface area contributed by atoms with Gasteiger partial charge in [0.15, 0.2) is 0 Å². The van der Waals surface area contributed by atoms with E-state index in [1.807, 2.05) is 0 Å².